The molecule has 0 aromatic heterocycles. The fraction of sp³-hybridized carbons (Fsp3) is 0.346. The van der Waals surface area contributed by atoms with Gasteiger partial charge in [-0.2, -0.15) is 0 Å². The molecular weight excluding hydrogens is 470 g/mol. The van der Waals surface area contributed by atoms with Crippen molar-refractivity contribution in [2.45, 2.75) is 45.6 Å². The first kappa shape index (κ1) is 24.4. The first-order chi connectivity index (χ1) is 16.1. The van der Waals surface area contributed by atoms with E-state index in [1.807, 2.05) is 6.07 Å². The van der Waals surface area contributed by atoms with Crippen LogP contribution in [0.1, 0.15) is 51.2 Å². The van der Waals surface area contributed by atoms with Gasteiger partial charge >= 0.3 is 0 Å². The van der Waals surface area contributed by atoms with Crippen LogP contribution in [0.4, 0.5) is 16.2 Å². The molecule has 8 heteroatoms. The predicted molar refractivity (Wildman–Crippen MR) is 139 cm³/mol. The number of carbonyl (C=O) groups excluding carboxylic acids is 3. The fourth-order valence-corrected chi connectivity index (χ4v) is 5.83. The lowest BCUT2D eigenvalue weighted by molar-refractivity contribution is -0.127. The Bertz CT molecular complexity index is 1180. The lowest BCUT2D eigenvalue weighted by Gasteiger charge is -2.47. The zero-order valence-corrected chi connectivity index (χ0v) is 21.3. The molecule has 4 rings (SSSR count). The number of hydrogen-bond acceptors (Lipinski definition) is 5. The van der Waals surface area contributed by atoms with E-state index in [1.165, 1.54) is 11.3 Å². The molecule has 0 aliphatic carbocycles. The largest absolute Gasteiger partial charge is 0.366 e. The van der Waals surface area contributed by atoms with Crippen molar-refractivity contribution in [3.63, 3.8) is 0 Å². The number of fused-ring (bicyclic) bond motifs is 1. The van der Waals surface area contributed by atoms with Crippen LogP contribution in [0.5, 0.6) is 0 Å². The number of hydrogen-bond donors (Lipinski definition) is 1. The van der Waals surface area contributed by atoms with E-state index < -0.39 is 17.1 Å². The topological polar surface area (TPSA) is 69.7 Å². The van der Waals surface area contributed by atoms with Gasteiger partial charge in [-0.1, -0.05) is 24.6 Å². The average Bonchev–Trinajstić information content (AvgIpc) is 3.02. The molecule has 2 aromatic carbocycles. The van der Waals surface area contributed by atoms with Crippen molar-refractivity contribution in [1.82, 2.24) is 4.90 Å². The number of thioether (sulfide) groups is 1. The number of carbonyl (C=O) groups is 3. The summed E-state index contributed by atoms with van der Waals surface area (Å²) in [6.45, 7) is 9.50. The van der Waals surface area contributed by atoms with E-state index in [1.54, 1.807) is 30.3 Å². The van der Waals surface area contributed by atoms with E-state index in [9.17, 15) is 14.4 Å². The lowest BCUT2D eigenvalue weighted by Crippen LogP contribution is -2.48. The molecule has 0 unspecified atom stereocenters. The number of benzene rings is 2. The van der Waals surface area contributed by atoms with Gasteiger partial charge in [0.25, 0.3) is 11.1 Å². The Balaban J connectivity index is 1.50. The minimum atomic E-state index is -0.455. The third-order valence-electron chi connectivity index (χ3n) is 6.33. The van der Waals surface area contributed by atoms with E-state index in [0.717, 1.165) is 35.2 Å². The summed E-state index contributed by atoms with van der Waals surface area (Å²) in [5.41, 5.74) is 3.96. The van der Waals surface area contributed by atoms with Gasteiger partial charge in [0.1, 0.15) is 6.54 Å². The van der Waals surface area contributed by atoms with Gasteiger partial charge in [0.2, 0.25) is 5.91 Å². The van der Waals surface area contributed by atoms with Gasteiger partial charge in [-0.15, -0.1) is 0 Å². The zero-order chi connectivity index (χ0) is 24.6. The van der Waals surface area contributed by atoms with Crippen LogP contribution >= 0.6 is 23.4 Å². The smallest absolute Gasteiger partial charge is 0.294 e. The second-order valence-corrected chi connectivity index (χ2v) is 10.7. The molecule has 0 radical (unpaired) electrons. The summed E-state index contributed by atoms with van der Waals surface area (Å²) in [4.78, 5) is 41.5. The maximum absolute atomic E-state index is 12.9. The third-order valence-corrected chi connectivity index (χ3v) is 7.49. The van der Waals surface area contributed by atoms with Crippen molar-refractivity contribution < 1.29 is 14.4 Å². The highest BCUT2D eigenvalue weighted by Gasteiger charge is 2.37. The van der Waals surface area contributed by atoms with Gasteiger partial charge in [-0.05, 0) is 98.5 Å². The van der Waals surface area contributed by atoms with E-state index in [0.29, 0.717) is 21.5 Å². The molecule has 1 saturated heterocycles. The van der Waals surface area contributed by atoms with Gasteiger partial charge < -0.3 is 10.2 Å². The molecule has 2 aromatic rings. The molecule has 2 aliphatic heterocycles. The SMILES string of the molecule is CCN1c2ccc(/C=C3\SC(=O)N(CC(=O)Nc4ccc(Cl)cc4)C3=O)cc2[C@@H](C)CC1(C)C. The highest BCUT2D eigenvalue weighted by molar-refractivity contribution is 8.18. The second-order valence-electron chi connectivity index (χ2n) is 9.30. The molecule has 1 N–H and O–H groups in total. The summed E-state index contributed by atoms with van der Waals surface area (Å²) in [6.07, 6.45) is 2.78. The summed E-state index contributed by atoms with van der Waals surface area (Å²) in [5.74, 6) is -0.521. The minimum Gasteiger partial charge on any atom is -0.366 e. The van der Waals surface area contributed by atoms with Crippen LogP contribution in [0.15, 0.2) is 47.4 Å². The van der Waals surface area contributed by atoms with Gasteiger partial charge in [-0.3, -0.25) is 19.3 Å². The zero-order valence-electron chi connectivity index (χ0n) is 19.7. The summed E-state index contributed by atoms with van der Waals surface area (Å²) in [7, 11) is 0. The van der Waals surface area contributed by atoms with Crippen molar-refractivity contribution in [3.8, 4) is 0 Å². The molecule has 178 valence electrons. The van der Waals surface area contributed by atoms with E-state index in [-0.39, 0.29) is 12.1 Å². The number of rotatable bonds is 5. The molecule has 0 bridgehead atoms. The molecule has 3 amide bonds. The molecular formula is C26H28ClN3O3S. The Morgan fingerprint density at radius 2 is 1.91 bits per heavy atom. The van der Waals surface area contributed by atoms with Crippen molar-refractivity contribution in [2.24, 2.45) is 0 Å². The quantitative estimate of drug-likeness (QED) is 0.503. The van der Waals surface area contributed by atoms with E-state index in [2.05, 4.69) is 50.0 Å². The maximum atomic E-state index is 12.9. The Morgan fingerprint density at radius 1 is 1.21 bits per heavy atom. The fourth-order valence-electron chi connectivity index (χ4n) is 4.86. The van der Waals surface area contributed by atoms with E-state index in [4.69, 9.17) is 11.6 Å². The summed E-state index contributed by atoms with van der Waals surface area (Å²) in [5, 5.41) is 2.78. The second kappa shape index (κ2) is 9.47. The molecule has 34 heavy (non-hydrogen) atoms. The minimum absolute atomic E-state index is 0.0813. The molecule has 6 nitrogen and oxygen atoms in total. The molecule has 1 atom stereocenters. The van der Waals surface area contributed by atoms with Gasteiger partial charge in [0.05, 0.1) is 4.91 Å². The van der Waals surface area contributed by atoms with Crippen LogP contribution < -0.4 is 10.2 Å². The summed E-state index contributed by atoms with van der Waals surface area (Å²) >= 11 is 6.72. The number of halogens is 1. The van der Waals surface area contributed by atoms with Crippen LogP contribution in [0, 0.1) is 0 Å². The van der Waals surface area contributed by atoms with E-state index >= 15 is 0 Å². The normalized spacial score (nSPS) is 20.6. The molecule has 2 heterocycles. The molecule has 0 spiro atoms. The average molecular weight is 498 g/mol. The molecule has 2 aliphatic rings. The van der Waals surface area contributed by atoms with Crippen LogP contribution in [0.2, 0.25) is 5.02 Å². The first-order valence-electron chi connectivity index (χ1n) is 11.3. The molecule has 1 fully saturated rings. The predicted octanol–water partition coefficient (Wildman–Crippen LogP) is 6.13. The highest BCUT2D eigenvalue weighted by Crippen LogP contribution is 2.44. The van der Waals surface area contributed by atoms with Crippen LogP contribution in [-0.4, -0.2) is 40.6 Å². The Morgan fingerprint density at radius 3 is 2.59 bits per heavy atom. The lowest BCUT2D eigenvalue weighted by atomic mass is 9.79. The number of anilines is 2. The van der Waals surface area contributed by atoms with Crippen molar-refractivity contribution in [3.05, 3.63) is 63.5 Å². The van der Waals surface area contributed by atoms with Crippen molar-refractivity contribution >= 4 is 57.9 Å². The number of imide groups is 1. The number of nitrogens with zero attached hydrogens (tertiary/aromatic N) is 2. The highest BCUT2D eigenvalue weighted by atomic mass is 35.5. The molecule has 0 saturated carbocycles. The van der Waals surface area contributed by atoms with Crippen LogP contribution in [0.3, 0.4) is 0 Å². The van der Waals surface area contributed by atoms with Crippen molar-refractivity contribution in [2.75, 3.05) is 23.3 Å². The Hall–Kier alpha value is -2.77. The third kappa shape index (κ3) is 4.86. The monoisotopic (exact) mass is 497 g/mol. The Labute approximate surface area is 209 Å². The summed E-state index contributed by atoms with van der Waals surface area (Å²) in [6, 6.07) is 12.8. The first-order valence-corrected chi connectivity index (χ1v) is 12.5. The van der Waals surface area contributed by atoms with Gasteiger partial charge in [0.15, 0.2) is 0 Å². The number of amides is 3. The van der Waals surface area contributed by atoms with Gasteiger partial charge in [-0.25, -0.2) is 0 Å². The van der Waals surface area contributed by atoms with Crippen LogP contribution in [-0.2, 0) is 9.59 Å². The van der Waals surface area contributed by atoms with Gasteiger partial charge in [0, 0.05) is 28.5 Å². The Kier molecular flexibility index (Phi) is 6.78. The standard InChI is InChI=1S/C26H28ClN3O3S/c1-5-30-21-11-6-17(12-20(21)16(2)14-26(30,3)4)13-22-24(32)29(25(33)34-22)15-23(31)28-19-9-7-18(27)8-10-19/h6-13,16H,5,14-15H2,1-4H3,(H,28,31)/b22-13-/t16-/m0/s1. The van der Waals surface area contributed by atoms with Crippen LogP contribution in [0.25, 0.3) is 6.08 Å². The maximum Gasteiger partial charge on any atom is 0.294 e. The van der Waals surface area contributed by atoms with Crippen molar-refractivity contribution in [1.29, 1.82) is 0 Å². The summed E-state index contributed by atoms with van der Waals surface area (Å²) < 4.78 is 0. The number of nitrogens with one attached hydrogen (secondary N) is 1.